The van der Waals surface area contributed by atoms with Crippen LogP contribution in [0.15, 0.2) is 41.2 Å². The van der Waals surface area contributed by atoms with Gasteiger partial charge in [0.1, 0.15) is 23.9 Å². The summed E-state index contributed by atoms with van der Waals surface area (Å²) in [5, 5.41) is 9.01. The van der Waals surface area contributed by atoms with Crippen molar-refractivity contribution in [3.05, 3.63) is 52.3 Å². The van der Waals surface area contributed by atoms with Gasteiger partial charge in [-0.25, -0.2) is 0 Å². The first kappa shape index (κ1) is 16.3. The lowest BCUT2D eigenvalue weighted by atomic mass is 10.1. The molecule has 1 heterocycles. The van der Waals surface area contributed by atoms with E-state index in [1.54, 1.807) is 44.4 Å². The molecule has 0 aliphatic rings. The number of hydrogen-bond donors (Lipinski definition) is 0. The Morgan fingerprint density at radius 2 is 1.91 bits per heavy atom. The zero-order valence-corrected chi connectivity index (χ0v) is 12.9. The fourth-order valence-electron chi connectivity index (χ4n) is 2.17. The Hall–Kier alpha value is -3.07. The van der Waals surface area contributed by atoms with Crippen LogP contribution in [0.3, 0.4) is 0 Å². The topological polar surface area (TPSA) is 81.3 Å². The zero-order valence-electron chi connectivity index (χ0n) is 12.9. The molecule has 118 valence electrons. The Labute approximate surface area is 133 Å². The third-order valence-corrected chi connectivity index (χ3v) is 3.27. The first-order valence-corrected chi connectivity index (χ1v) is 7.04. The van der Waals surface area contributed by atoms with Crippen LogP contribution >= 0.6 is 0 Å². The van der Waals surface area contributed by atoms with Gasteiger partial charge >= 0.3 is 5.97 Å². The third-order valence-electron chi connectivity index (χ3n) is 3.27. The average molecular weight is 312 g/mol. The van der Waals surface area contributed by atoms with Crippen molar-refractivity contribution in [2.24, 2.45) is 0 Å². The molecule has 0 amide bonds. The van der Waals surface area contributed by atoms with E-state index in [-0.39, 0.29) is 18.7 Å². The minimum absolute atomic E-state index is 0.0217. The molecule has 0 saturated heterocycles. The van der Waals surface area contributed by atoms with E-state index in [1.807, 2.05) is 6.07 Å². The van der Waals surface area contributed by atoms with Gasteiger partial charge in [0.2, 0.25) is 0 Å². The molecule has 0 N–H and O–H groups in total. The summed E-state index contributed by atoms with van der Waals surface area (Å²) in [4.78, 5) is 24.1. The number of pyridine rings is 1. The number of esters is 1. The van der Waals surface area contributed by atoms with Crippen LogP contribution in [-0.4, -0.2) is 24.3 Å². The quantitative estimate of drug-likeness (QED) is 0.788. The number of nitriles is 1. The van der Waals surface area contributed by atoms with Gasteiger partial charge in [0.25, 0.3) is 5.56 Å². The summed E-state index contributed by atoms with van der Waals surface area (Å²) in [5.74, 6) is 0.154. The SMILES string of the molecule is CCOC(=O)Cn1c(-c2ccc(OC)cc2)ccc(C#N)c1=O. The molecule has 2 rings (SSSR count). The average Bonchev–Trinajstić information content (AvgIpc) is 2.57. The van der Waals surface area contributed by atoms with Crippen LogP contribution in [0.25, 0.3) is 11.3 Å². The molecule has 23 heavy (non-hydrogen) atoms. The first-order valence-electron chi connectivity index (χ1n) is 7.04. The van der Waals surface area contributed by atoms with Crippen molar-refractivity contribution in [1.82, 2.24) is 4.57 Å². The molecule has 0 aliphatic carbocycles. The van der Waals surface area contributed by atoms with Gasteiger partial charge in [-0.15, -0.1) is 0 Å². The maximum Gasteiger partial charge on any atom is 0.326 e. The molecule has 0 spiro atoms. The van der Waals surface area contributed by atoms with Crippen LogP contribution in [0.1, 0.15) is 12.5 Å². The van der Waals surface area contributed by atoms with Gasteiger partial charge in [0, 0.05) is 0 Å². The lowest BCUT2D eigenvalue weighted by Gasteiger charge is -2.13. The third kappa shape index (κ3) is 3.58. The van der Waals surface area contributed by atoms with Gasteiger partial charge in [-0.1, -0.05) is 0 Å². The molecule has 0 radical (unpaired) electrons. The fourth-order valence-corrected chi connectivity index (χ4v) is 2.17. The van der Waals surface area contributed by atoms with Gasteiger partial charge in [-0.3, -0.25) is 14.2 Å². The van der Waals surface area contributed by atoms with Gasteiger partial charge < -0.3 is 9.47 Å². The highest BCUT2D eigenvalue weighted by molar-refractivity contribution is 5.71. The van der Waals surface area contributed by atoms with Crippen molar-refractivity contribution >= 4 is 5.97 Å². The molecular formula is C17H16N2O4. The lowest BCUT2D eigenvalue weighted by Crippen LogP contribution is -2.28. The summed E-state index contributed by atoms with van der Waals surface area (Å²) in [5.41, 5.74) is 0.724. The molecule has 0 atom stereocenters. The molecule has 0 fully saturated rings. The second-order valence-electron chi connectivity index (χ2n) is 4.67. The number of aromatic nitrogens is 1. The molecule has 6 heteroatoms. The van der Waals surface area contributed by atoms with Gasteiger partial charge in [0.15, 0.2) is 0 Å². The number of hydrogen-bond acceptors (Lipinski definition) is 5. The Balaban J connectivity index is 2.53. The van der Waals surface area contributed by atoms with Crippen molar-refractivity contribution in [1.29, 1.82) is 5.26 Å². The molecule has 0 saturated carbocycles. The van der Waals surface area contributed by atoms with Crippen molar-refractivity contribution in [3.8, 4) is 23.1 Å². The zero-order chi connectivity index (χ0) is 16.8. The maximum atomic E-state index is 12.4. The predicted octanol–water partition coefficient (Wildman–Crippen LogP) is 1.96. The minimum atomic E-state index is -0.528. The van der Waals surface area contributed by atoms with Crippen molar-refractivity contribution in [2.45, 2.75) is 13.5 Å². The highest BCUT2D eigenvalue weighted by atomic mass is 16.5. The molecule has 1 aromatic heterocycles. The molecule has 6 nitrogen and oxygen atoms in total. The standard InChI is InChI=1S/C17H16N2O4/c1-3-23-16(20)11-19-15(9-6-13(10-18)17(19)21)12-4-7-14(22-2)8-5-12/h4-9H,3,11H2,1-2H3. The molecule has 0 bridgehead atoms. The second-order valence-corrected chi connectivity index (χ2v) is 4.67. The first-order chi connectivity index (χ1) is 11.1. The minimum Gasteiger partial charge on any atom is -0.497 e. The normalized spacial score (nSPS) is 9.96. The number of carbonyl (C=O) groups is 1. The summed E-state index contributed by atoms with van der Waals surface area (Å²) in [6.45, 7) is 1.67. The number of nitrogens with zero attached hydrogens (tertiary/aromatic N) is 2. The summed E-state index contributed by atoms with van der Waals surface area (Å²) < 4.78 is 11.3. The monoisotopic (exact) mass is 312 g/mol. The predicted molar refractivity (Wildman–Crippen MR) is 84.0 cm³/mol. The largest absolute Gasteiger partial charge is 0.497 e. The van der Waals surface area contributed by atoms with Gasteiger partial charge in [-0.05, 0) is 48.9 Å². The van der Waals surface area contributed by atoms with E-state index >= 15 is 0 Å². The van der Waals surface area contributed by atoms with Gasteiger partial charge in [-0.2, -0.15) is 5.26 Å². The van der Waals surface area contributed by atoms with Crippen LogP contribution < -0.4 is 10.3 Å². The maximum absolute atomic E-state index is 12.4. The Morgan fingerprint density at radius 1 is 1.22 bits per heavy atom. The van der Waals surface area contributed by atoms with Crippen LogP contribution in [0, 0.1) is 11.3 Å². The number of methoxy groups -OCH3 is 1. The summed E-state index contributed by atoms with van der Waals surface area (Å²) >= 11 is 0. The molecule has 0 aliphatic heterocycles. The number of ether oxygens (including phenoxy) is 2. The number of rotatable bonds is 5. The summed E-state index contributed by atoms with van der Waals surface area (Å²) in [6, 6.07) is 12.0. The van der Waals surface area contributed by atoms with E-state index in [0.717, 1.165) is 5.56 Å². The molecule has 1 aromatic carbocycles. The molecule has 2 aromatic rings. The van der Waals surface area contributed by atoms with Crippen LogP contribution in [-0.2, 0) is 16.1 Å². The van der Waals surface area contributed by atoms with E-state index < -0.39 is 11.5 Å². The Kier molecular flexibility index (Phi) is 5.15. The smallest absolute Gasteiger partial charge is 0.326 e. The van der Waals surface area contributed by atoms with Crippen molar-refractivity contribution in [3.63, 3.8) is 0 Å². The lowest BCUT2D eigenvalue weighted by molar-refractivity contribution is -0.143. The van der Waals surface area contributed by atoms with E-state index in [0.29, 0.717) is 11.4 Å². The van der Waals surface area contributed by atoms with Crippen LogP contribution in [0.4, 0.5) is 0 Å². The van der Waals surface area contributed by atoms with E-state index in [9.17, 15) is 9.59 Å². The van der Waals surface area contributed by atoms with E-state index in [2.05, 4.69) is 0 Å². The molecular weight excluding hydrogens is 296 g/mol. The summed E-state index contributed by atoms with van der Waals surface area (Å²) in [7, 11) is 1.56. The second kappa shape index (κ2) is 7.27. The van der Waals surface area contributed by atoms with Crippen LogP contribution in [0.2, 0.25) is 0 Å². The highest BCUT2D eigenvalue weighted by Crippen LogP contribution is 2.21. The summed E-state index contributed by atoms with van der Waals surface area (Å²) in [6.07, 6.45) is 0. The highest BCUT2D eigenvalue weighted by Gasteiger charge is 2.14. The van der Waals surface area contributed by atoms with E-state index in [4.69, 9.17) is 14.7 Å². The van der Waals surface area contributed by atoms with Gasteiger partial charge in [0.05, 0.1) is 19.4 Å². The molecule has 0 unspecified atom stereocenters. The number of benzene rings is 1. The Bertz CT molecular complexity index is 801. The Morgan fingerprint density at radius 3 is 2.48 bits per heavy atom. The number of carbonyl (C=O) groups excluding carboxylic acids is 1. The van der Waals surface area contributed by atoms with Crippen molar-refractivity contribution in [2.75, 3.05) is 13.7 Å². The van der Waals surface area contributed by atoms with E-state index in [1.165, 1.54) is 10.6 Å². The van der Waals surface area contributed by atoms with Crippen molar-refractivity contribution < 1.29 is 14.3 Å². The fraction of sp³-hybridized carbons (Fsp3) is 0.235. The van der Waals surface area contributed by atoms with Crippen LogP contribution in [0.5, 0.6) is 5.75 Å².